The molecular weight excluding hydrogens is 358 g/mol. The minimum absolute atomic E-state index is 0.373. The molecule has 8 heteroatoms. The van der Waals surface area contributed by atoms with Gasteiger partial charge in [-0.05, 0) is 49.2 Å². The second-order valence-corrected chi connectivity index (χ2v) is 6.57. The highest BCUT2D eigenvalue weighted by atomic mass is 16.5. The summed E-state index contributed by atoms with van der Waals surface area (Å²) in [6.07, 6.45) is 1.01. The Hall–Kier alpha value is -3.57. The lowest BCUT2D eigenvalue weighted by molar-refractivity contribution is 0.0742. The van der Waals surface area contributed by atoms with Crippen molar-refractivity contribution in [1.82, 2.24) is 15.2 Å². The molecule has 0 radical (unpaired) electrons. The minimum atomic E-state index is -0.595. The van der Waals surface area contributed by atoms with Crippen LogP contribution in [0.2, 0.25) is 0 Å². The van der Waals surface area contributed by atoms with Gasteiger partial charge in [0.1, 0.15) is 11.4 Å². The number of nitrogens with one attached hydrogen (secondary N) is 2. The van der Waals surface area contributed by atoms with Gasteiger partial charge in [0.2, 0.25) is 0 Å². The van der Waals surface area contributed by atoms with E-state index < -0.39 is 11.7 Å². The van der Waals surface area contributed by atoms with Crippen LogP contribution in [0.3, 0.4) is 0 Å². The van der Waals surface area contributed by atoms with Crippen LogP contribution in [-0.2, 0) is 9.47 Å². The first kappa shape index (κ1) is 19.2. The largest absolute Gasteiger partial charge is 0.453 e. The first-order valence-electron chi connectivity index (χ1n) is 8.50. The summed E-state index contributed by atoms with van der Waals surface area (Å²) in [5, 5.41) is 10.3. The van der Waals surface area contributed by atoms with Crippen LogP contribution in [0, 0.1) is 11.8 Å². The van der Waals surface area contributed by atoms with Crippen molar-refractivity contribution in [3.05, 3.63) is 36.0 Å². The number of pyridine rings is 1. The summed E-state index contributed by atoms with van der Waals surface area (Å²) in [5.74, 6) is 7.01. The van der Waals surface area contributed by atoms with Gasteiger partial charge in [0.15, 0.2) is 5.82 Å². The van der Waals surface area contributed by atoms with Gasteiger partial charge in [-0.2, -0.15) is 5.10 Å². The van der Waals surface area contributed by atoms with Gasteiger partial charge in [0.25, 0.3) is 0 Å². The number of nitrogens with two attached hydrogens (primary N) is 1. The number of nitrogen functional groups attached to an aromatic ring is 1. The van der Waals surface area contributed by atoms with Crippen LogP contribution in [0.5, 0.6) is 0 Å². The number of methoxy groups -OCH3 is 2. The number of carbonyl (C=O) groups is 1. The monoisotopic (exact) mass is 379 g/mol. The van der Waals surface area contributed by atoms with Gasteiger partial charge in [-0.3, -0.25) is 10.4 Å². The maximum Gasteiger partial charge on any atom is 0.412 e. The highest BCUT2D eigenvalue weighted by molar-refractivity contribution is 5.96. The average molecular weight is 379 g/mol. The number of nitrogens with zero attached hydrogens (tertiary/aromatic N) is 2. The SMILES string of the molecule is COC(=O)Nc1cc(-c2cc(C#CC(C)(C)OC)c3[nH]nc(N)c3c2)ccn1. The zero-order chi connectivity index (χ0) is 20.3. The first-order valence-corrected chi connectivity index (χ1v) is 8.50. The third-order valence-corrected chi connectivity index (χ3v) is 4.22. The molecular formula is C20H21N5O3. The number of H-pyrrole nitrogens is 1. The molecule has 28 heavy (non-hydrogen) atoms. The van der Waals surface area contributed by atoms with Crippen molar-refractivity contribution in [3.63, 3.8) is 0 Å². The number of rotatable bonds is 3. The van der Waals surface area contributed by atoms with Gasteiger partial charge in [0, 0.05) is 18.7 Å². The fourth-order valence-electron chi connectivity index (χ4n) is 2.51. The van der Waals surface area contributed by atoms with Crippen LogP contribution in [0.25, 0.3) is 22.0 Å². The van der Waals surface area contributed by atoms with Crippen molar-refractivity contribution in [2.75, 3.05) is 25.3 Å². The molecule has 2 heterocycles. The van der Waals surface area contributed by atoms with E-state index in [1.165, 1.54) is 7.11 Å². The number of amides is 1. The van der Waals surface area contributed by atoms with Crippen molar-refractivity contribution in [2.24, 2.45) is 0 Å². The molecule has 0 aliphatic heterocycles. The van der Waals surface area contributed by atoms with E-state index >= 15 is 0 Å². The maximum atomic E-state index is 11.4. The molecule has 3 rings (SSSR count). The molecule has 0 unspecified atom stereocenters. The molecule has 0 spiro atoms. The molecule has 0 aliphatic rings. The van der Waals surface area contributed by atoms with E-state index in [1.807, 2.05) is 32.0 Å². The van der Waals surface area contributed by atoms with Gasteiger partial charge in [-0.1, -0.05) is 11.8 Å². The second-order valence-electron chi connectivity index (χ2n) is 6.57. The van der Waals surface area contributed by atoms with Crippen molar-refractivity contribution in [2.45, 2.75) is 19.4 Å². The molecule has 8 nitrogen and oxygen atoms in total. The second kappa shape index (κ2) is 7.58. The number of hydrogen-bond donors (Lipinski definition) is 3. The Labute approximate surface area is 162 Å². The zero-order valence-electron chi connectivity index (χ0n) is 16.1. The maximum absolute atomic E-state index is 11.4. The average Bonchev–Trinajstić information content (AvgIpc) is 3.07. The van der Waals surface area contributed by atoms with Crippen LogP contribution in [0.4, 0.5) is 16.4 Å². The van der Waals surface area contributed by atoms with E-state index in [2.05, 4.69) is 37.1 Å². The number of carbonyl (C=O) groups excluding carboxylic acids is 1. The van der Waals surface area contributed by atoms with Crippen LogP contribution in [-0.4, -0.2) is 41.1 Å². The molecule has 1 aromatic carbocycles. The van der Waals surface area contributed by atoms with E-state index in [0.29, 0.717) is 11.6 Å². The van der Waals surface area contributed by atoms with Crippen molar-refractivity contribution in [1.29, 1.82) is 0 Å². The molecule has 0 fully saturated rings. The van der Waals surface area contributed by atoms with Crippen molar-refractivity contribution in [3.8, 4) is 23.0 Å². The molecule has 0 bridgehead atoms. The Morgan fingerprint density at radius 2 is 2.04 bits per heavy atom. The fourth-order valence-corrected chi connectivity index (χ4v) is 2.51. The van der Waals surface area contributed by atoms with E-state index in [0.717, 1.165) is 27.6 Å². The highest BCUT2D eigenvalue weighted by Crippen LogP contribution is 2.30. The molecule has 0 saturated heterocycles. The summed E-state index contributed by atoms with van der Waals surface area (Å²) >= 11 is 0. The predicted octanol–water partition coefficient (Wildman–Crippen LogP) is 3.16. The number of aromatic nitrogens is 3. The highest BCUT2D eigenvalue weighted by Gasteiger charge is 2.14. The number of hydrogen-bond acceptors (Lipinski definition) is 6. The first-order chi connectivity index (χ1) is 13.3. The molecule has 4 N–H and O–H groups in total. The number of aromatic amines is 1. The third kappa shape index (κ3) is 4.05. The fraction of sp³-hybridized carbons (Fsp3) is 0.250. The van der Waals surface area contributed by atoms with Gasteiger partial charge in [-0.15, -0.1) is 0 Å². The summed E-state index contributed by atoms with van der Waals surface area (Å²) < 4.78 is 9.98. The molecule has 2 aromatic heterocycles. The lowest BCUT2D eigenvalue weighted by atomic mass is 10.00. The zero-order valence-corrected chi connectivity index (χ0v) is 16.1. The molecule has 3 aromatic rings. The molecule has 1 amide bonds. The van der Waals surface area contributed by atoms with Crippen LogP contribution >= 0.6 is 0 Å². The number of ether oxygens (including phenoxy) is 2. The summed E-state index contributed by atoms with van der Waals surface area (Å²) in [7, 11) is 2.91. The van der Waals surface area contributed by atoms with Crippen molar-refractivity contribution < 1.29 is 14.3 Å². The Balaban J connectivity index is 2.11. The van der Waals surface area contributed by atoms with E-state index in [1.54, 1.807) is 19.4 Å². The molecule has 0 aliphatic carbocycles. The topological polar surface area (TPSA) is 115 Å². The quantitative estimate of drug-likeness (QED) is 0.602. The van der Waals surface area contributed by atoms with Crippen LogP contribution in [0.1, 0.15) is 19.4 Å². The normalized spacial score (nSPS) is 11.0. The minimum Gasteiger partial charge on any atom is -0.453 e. The third-order valence-electron chi connectivity index (χ3n) is 4.22. The number of anilines is 2. The van der Waals surface area contributed by atoms with Gasteiger partial charge < -0.3 is 15.2 Å². The Morgan fingerprint density at radius 3 is 2.75 bits per heavy atom. The Bertz CT molecular complexity index is 1090. The standard InChI is InChI=1S/C20H21N5O3/c1-20(2,28-4)7-5-13-9-14(10-15-17(13)24-25-18(15)21)12-6-8-22-16(11-12)23-19(26)27-3/h6,8-11H,1-4H3,(H3,21,24,25)(H,22,23,26). The molecule has 144 valence electrons. The molecule has 0 atom stereocenters. The van der Waals surface area contributed by atoms with E-state index in [-0.39, 0.29) is 0 Å². The summed E-state index contributed by atoms with van der Waals surface area (Å²) in [5.41, 5.74) is 8.60. The summed E-state index contributed by atoms with van der Waals surface area (Å²) in [4.78, 5) is 15.6. The summed E-state index contributed by atoms with van der Waals surface area (Å²) in [6.45, 7) is 3.77. The smallest absolute Gasteiger partial charge is 0.412 e. The lowest BCUT2D eigenvalue weighted by Gasteiger charge is -2.14. The van der Waals surface area contributed by atoms with E-state index in [4.69, 9.17) is 10.5 Å². The Kier molecular flexibility index (Phi) is 5.20. The van der Waals surface area contributed by atoms with Gasteiger partial charge in [-0.25, -0.2) is 9.78 Å². The molecule has 0 saturated carbocycles. The van der Waals surface area contributed by atoms with Crippen LogP contribution in [0.15, 0.2) is 30.5 Å². The van der Waals surface area contributed by atoms with Gasteiger partial charge >= 0.3 is 6.09 Å². The Morgan fingerprint density at radius 1 is 1.25 bits per heavy atom. The van der Waals surface area contributed by atoms with E-state index in [9.17, 15) is 4.79 Å². The van der Waals surface area contributed by atoms with Gasteiger partial charge in [0.05, 0.1) is 18.2 Å². The van der Waals surface area contributed by atoms with Crippen LogP contribution < -0.4 is 11.1 Å². The summed E-state index contributed by atoms with van der Waals surface area (Å²) in [6, 6.07) is 7.41. The lowest BCUT2D eigenvalue weighted by Crippen LogP contribution is -2.19. The number of fused-ring (bicyclic) bond motifs is 1. The number of benzene rings is 1. The predicted molar refractivity (Wildman–Crippen MR) is 108 cm³/mol. The van der Waals surface area contributed by atoms with Crippen molar-refractivity contribution >= 4 is 28.6 Å².